The van der Waals surface area contributed by atoms with Crippen molar-refractivity contribution in [2.24, 2.45) is 10.4 Å². The third kappa shape index (κ3) is 8.83. The number of benzene rings is 7. The summed E-state index contributed by atoms with van der Waals surface area (Å²) in [6.07, 6.45) is 3.24. The molecule has 0 aliphatic carbocycles. The van der Waals surface area contributed by atoms with Crippen LogP contribution in [0.15, 0.2) is 185 Å². The Morgan fingerprint density at radius 2 is 1.29 bits per heavy atom. The van der Waals surface area contributed by atoms with Crippen LogP contribution in [0.25, 0.3) is 55.4 Å². The first kappa shape index (κ1) is 43.0. The number of aliphatic imine (C=N–C) groups is 1. The molecule has 3 nitrogen and oxygen atoms in total. The van der Waals surface area contributed by atoms with Crippen LogP contribution in [0.2, 0.25) is 17.3 Å². The van der Waals surface area contributed by atoms with E-state index < -0.39 is 13.3 Å². The fourth-order valence-corrected chi connectivity index (χ4v) is 12.1. The Hall–Kier alpha value is -5.65. The first-order valence-corrected chi connectivity index (χ1v) is 28.6. The van der Waals surface area contributed by atoms with Crippen LogP contribution in [0.4, 0.5) is 5.69 Å². The van der Waals surface area contributed by atoms with E-state index in [0.29, 0.717) is 5.41 Å². The molecule has 10 rings (SSSR count). The van der Waals surface area contributed by atoms with Crippen molar-refractivity contribution in [1.29, 1.82) is 0 Å². The number of para-hydroxylation sites is 2. The molecule has 62 heavy (non-hydrogen) atoms. The molecule has 309 valence electrons. The van der Waals surface area contributed by atoms with Crippen LogP contribution in [-0.2, 0) is 26.5 Å². The second-order valence-corrected chi connectivity index (χ2v) is 28.7. The van der Waals surface area contributed by atoms with Gasteiger partial charge in [0.2, 0.25) is 0 Å². The predicted molar refractivity (Wildman–Crippen MR) is 259 cm³/mol. The number of aromatic nitrogens is 1. The Morgan fingerprint density at radius 1 is 0.645 bits per heavy atom. The second kappa shape index (κ2) is 18.0. The molecule has 1 aliphatic heterocycles. The summed E-state index contributed by atoms with van der Waals surface area (Å²) in [5, 5.41) is 2.19. The molecule has 1 unspecified atom stereocenters. The number of furan rings is 1. The summed E-state index contributed by atoms with van der Waals surface area (Å²) in [4.78, 5) is 10.0. The van der Waals surface area contributed by atoms with E-state index >= 15 is 0 Å². The molecule has 3 heterocycles. The van der Waals surface area contributed by atoms with Gasteiger partial charge in [0.05, 0.1) is 11.3 Å². The standard InChI is InChI=1S/C38H24NO.C19H26GeN.Ir/c1-3-13-25(14-4-1)27-19-11-20-28(26-15-5-2-6-16-26)35(27)36-31-18-7-9-23-33(31)39-37(36)32-22-12-21-30-29-17-8-10-24-34(29)40-38(30)32;1-19(2,3)13-16-12-18(15-10-8-7-9-11-15)21-14-17(16)20(4,5)6;/h1-21,23-24,36H;7-10,12,14H,13H2,1-6H3;/q2*-1;. The van der Waals surface area contributed by atoms with Gasteiger partial charge in [0.15, 0.2) is 0 Å². The van der Waals surface area contributed by atoms with E-state index in [1.165, 1.54) is 43.3 Å². The van der Waals surface area contributed by atoms with Gasteiger partial charge in [-0.2, -0.15) is 0 Å². The topological polar surface area (TPSA) is 38.4 Å². The van der Waals surface area contributed by atoms with E-state index in [9.17, 15) is 0 Å². The number of pyridine rings is 1. The zero-order valence-electron chi connectivity index (χ0n) is 36.2. The molecular weight excluding hydrogens is 993 g/mol. The van der Waals surface area contributed by atoms with Gasteiger partial charge in [-0.3, -0.25) is 4.99 Å². The summed E-state index contributed by atoms with van der Waals surface area (Å²) >= 11 is -1.90. The van der Waals surface area contributed by atoms with E-state index in [1.807, 2.05) is 36.4 Å². The molecule has 1 radical (unpaired) electrons. The molecule has 0 saturated carbocycles. The van der Waals surface area contributed by atoms with Gasteiger partial charge in [-0.15, -0.1) is 18.2 Å². The Morgan fingerprint density at radius 3 is 1.95 bits per heavy atom. The molecule has 1 aliphatic rings. The molecule has 5 heteroatoms. The Labute approximate surface area is 382 Å². The number of rotatable bonds is 7. The van der Waals surface area contributed by atoms with Crippen molar-refractivity contribution in [2.45, 2.75) is 50.4 Å². The average molecular weight is 1040 g/mol. The largest absolute Gasteiger partial charge is 0.501 e. The van der Waals surface area contributed by atoms with Crippen molar-refractivity contribution < 1.29 is 24.5 Å². The van der Waals surface area contributed by atoms with Crippen molar-refractivity contribution in [1.82, 2.24) is 4.98 Å². The van der Waals surface area contributed by atoms with Gasteiger partial charge in [-0.05, 0) is 51.2 Å². The van der Waals surface area contributed by atoms with Crippen molar-refractivity contribution >= 4 is 51.0 Å². The normalized spacial score (nSPS) is 13.5. The van der Waals surface area contributed by atoms with Crippen LogP contribution in [0.3, 0.4) is 0 Å². The molecule has 0 bridgehead atoms. The number of hydrogen-bond donors (Lipinski definition) is 0. The minimum absolute atomic E-state index is 0. The smallest absolute Gasteiger partial charge is 0.120 e. The quantitative estimate of drug-likeness (QED) is 0.118. The zero-order chi connectivity index (χ0) is 42.1. The van der Waals surface area contributed by atoms with E-state index in [4.69, 9.17) is 14.4 Å². The molecule has 0 amide bonds. The molecule has 2 aromatic heterocycles. The fourth-order valence-electron chi connectivity index (χ4n) is 8.75. The van der Waals surface area contributed by atoms with Crippen LogP contribution in [0, 0.1) is 17.5 Å². The van der Waals surface area contributed by atoms with Crippen LogP contribution < -0.4 is 4.40 Å². The van der Waals surface area contributed by atoms with Crippen molar-refractivity contribution in [3.05, 3.63) is 210 Å². The fraction of sp³-hybridized carbons (Fsp3) is 0.158. The molecular formula is C57H50GeIrN2O-2. The molecule has 0 N–H and O–H groups in total. The van der Waals surface area contributed by atoms with Gasteiger partial charge in [0.1, 0.15) is 5.58 Å². The zero-order valence-corrected chi connectivity index (χ0v) is 40.7. The maximum absolute atomic E-state index is 6.50. The van der Waals surface area contributed by atoms with E-state index in [1.54, 1.807) is 0 Å². The van der Waals surface area contributed by atoms with Gasteiger partial charge < -0.3 is 4.42 Å². The van der Waals surface area contributed by atoms with Crippen molar-refractivity contribution in [2.75, 3.05) is 0 Å². The summed E-state index contributed by atoms with van der Waals surface area (Å²) in [5.41, 5.74) is 15.7. The van der Waals surface area contributed by atoms with E-state index in [0.717, 1.165) is 56.6 Å². The molecule has 0 spiro atoms. The summed E-state index contributed by atoms with van der Waals surface area (Å²) in [7, 11) is 0. The molecule has 0 fully saturated rings. The van der Waals surface area contributed by atoms with E-state index in [-0.39, 0.29) is 26.0 Å². The van der Waals surface area contributed by atoms with Gasteiger partial charge in [-0.25, -0.2) is 0 Å². The number of hydrogen-bond acceptors (Lipinski definition) is 3. The molecule has 0 saturated heterocycles. The maximum Gasteiger partial charge on any atom is 0.120 e. The molecule has 9 aromatic rings. The number of fused-ring (bicyclic) bond motifs is 4. The summed E-state index contributed by atoms with van der Waals surface area (Å²) in [6.45, 7) is 6.92. The molecule has 7 aromatic carbocycles. The third-order valence-electron chi connectivity index (χ3n) is 11.4. The predicted octanol–water partition coefficient (Wildman–Crippen LogP) is 14.7. The van der Waals surface area contributed by atoms with Gasteiger partial charge in [-0.1, -0.05) is 126 Å². The van der Waals surface area contributed by atoms with Crippen LogP contribution in [0.1, 0.15) is 48.9 Å². The average Bonchev–Trinajstić information content (AvgIpc) is 3.85. The van der Waals surface area contributed by atoms with Crippen LogP contribution in [-0.4, -0.2) is 24.0 Å². The third-order valence-corrected chi connectivity index (χ3v) is 15.8. The Kier molecular flexibility index (Phi) is 12.5. The van der Waals surface area contributed by atoms with Gasteiger partial charge in [0.25, 0.3) is 0 Å². The first-order chi connectivity index (χ1) is 29.5. The van der Waals surface area contributed by atoms with E-state index in [2.05, 4.69) is 190 Å². The summed E-state index contributed by atoms with van der Waals surface area (Å²) in [6, 6.07) is 66.0. The first-order valence-electron chi connectivity index (χ1n) is 21.2. The minimum Gasteiger partial charge on any atom is -0.501 e. The molecule has 1 atom stereocenters. The minimum atomic E-state index is -1.90. The number of nitrogens with zero attached hydrogens (tertiary/aromatic N) is 2. The summed E-state index contributed by atoms with van der Waals surface area (Å²) in [5.74, 6) is 7.23. The van der Waals surface area contributed by atoms with Crippen molar-refractivity contribution in [3.8, 4) is 33.5 Å². The SMILES string of the molecule is CC(C)(C)Cc1cc(-c2[c-]cccc2)nc[c]1[Ge]([CH3])([CH3])[CH3].[Ir].[c-]1ccc2c(oc3ccccc32)c1C1=Nc2ccccc2C1c1c(-c2ccccc2)cccc1-c1ccccc1. The van der Waals surface area contributed by atoms with Crippen LogP contribution >= 0.6 is 0 Å². The second-order valence-electron chi connectivity index (χ2n) is 18.2. The van der Waals surface area contributed by atoms with Crippen LogP contribution in [0.5, 0.6) is 0 Å². The maximum atomic E-state index is 6.50. The van der Waals surface area contributed by atoms with Crippen molar-refractivity contribution in [3.63, 3.8) is 0 Å². The summed E-state index contributed by atoms with van der Waals surface area (Å²) < 4.78 is 8.03. The van der Waals surface area contributed by atoms with Gasteiger partial charge >= 0.3 is 132 Å². The Bertz CT molecular complexity index is 2960. The monoisotopic (exact) mass is 1050 g/mol. The Balaban J connectivity index is 0.000000205. The van der Waals surface area contributed by atoms with Gasteiger partial charge in [0, 0.05) is 31.4 Å².